The molecule has 1 aliphatic heterocycles. The van der Waals surface area contributed by atoms with Gasteiger partial charge in [-0.05, 0) is 17.7 Å². The zero-order valence-corrected chi connectivity index (χ0v) is 13.9. The number of hydrogen-bond acceptors (Lipinski definition) is 4. The number of rotatable bonds is 7. The Morgan fingerprint density at radius 3 is 2.87 bits per heavy atom. The average Bonchev–Trinajstić information content (AvgIpc) is 2.54. The molecule has 2 amide bonds. The summed E-state index contributed by atoms with van der Waals surface area (Å²) in [5.74, 6) is 1.15. The van der Waals surface area contributed by atoms with Crippen LogP contribution in [0.2, 0.25) is 0 Å². The minimum atomic E-state index is -0.240. The van der Waals surface area contributed by atoms with Crippen molar-refractivity contribution in [1.82, 2.24) is 10.2 Å². The Bertz CT molecular complexity index is 539. The monoisotopic (exact) mass is 340 g/mol. The molecule has 126 valence electrons. The van der Waals surface area contributed by atoms with E-state index in [2.05, 4.69) is 5.32 Å². The van der Waals surface area contributed by atoms with E-state index in [1.807, 2.05) is 0 Å². The van der Waals surface area contributed by atoms with Gasteiger partial charge in [0.2, 0.25) is 11.8 Å². The molecule has 0 radical (unpaired) electrons. The number of thioether (sulfide) groups is 1. The van der Waals surface area contributed by atoms with Crippen LogP contribution in [0.25, 0.3) is 0 Å². The second kappa shape index (κ2) is 8.88. The zero-order valence-electron chi connectivity index (χ0n) is 13.1. The first kappa shape index (κ1) is 17.7. The number of amides is 2. The number of ether oxygens (including phenoxy) is 1. The highest BCUT2D eigenvalue weighted by Gasteiger charge is 2.23. The molecule has 0 aliphatic carbocycles. The van der Waals surface area contributed by atoms with E-state index >= 15 is 0 Å². The molecule has 1 heterocycles. The van der Waals surface area contributed by atoms with Crippen molar-refractivity contribution in [2.75, 3.05) is 32.5 Å². The number of nitrogens with one attached hydrogen (secondary N) is 1. The van der Waals surface area contributed by atoms with Gasteiger partial charge in [-0.25, -0.2) is 4.39 Å². The Morgan fingerprint density at radius 1 is 1.43 bits per heavy atom. The number of morpholine rings is 1. The summed E-state index contributed by atoms with van der Waals surface area (Å²) >= 11 is 1.64. The maximum absolute atomic E-state index is 12.8. The summed E-state index contributed by atoms with van der Waals surface area (Å²) in [6.07, 6.45) is 0.279. The fourth-order valence-electron chi connectivity index (χ4n) is 2.13. The number of likely N-dealkylation sites (N-methyl/N-ethyl adjacent to an activating group) is 1. The maximum Gasteiger partial charge on any atom is 0.248 e. The molecule has 1 aromatic rings. The van der Waals surface area contributed by atoms with Crippen molar-refractivity contribution < 1.29 is 18.7 Å². The Hall–Kier alpha value is -1.60. The first-order chi connectivity index (χ1) is 11.0. The summed E-state index contributed by atoms with van der Waals surface area (Å²) < 4.78 is 18.1. The molecular weight excluding hydrogens is 319 g/mol. The lowest BCUT2D eigenvalue weighted by Crippen LogP contribution is -2.48. The summed E-state index contributed by atoms with van der Waals surface area (Å²) in [4.78, 5) is 24.7. The van der Waals surface area contributed by atoms with Crippen LogP contribution in [0.5, 0.6) is 0 Å². The predicted octanol–water partition coefficient (Wildman–Crippen LogP) is 1.42. The van der Waals surface area contributed by atoms with Crippen LogP contribution in [0.1, 0.15) is 12.0 Å². The van der Waals surface area contributed by atoms with E-state index in [-0.39, 0.29) is 30.3 Å². The molecular formula is C16H21FN2O3S. The van der Waals surface area contributed by atoms with Gasteiger partial charge in [-0.1, -0.05) is 12.1 Å². The molecule has 0 saturated carbocycles. The minimum Gasteiger partial charge on any atom is -0.365 e. The largest absolute Gasteiger partial charge is 0.365 e. The van der Waals surface area contributed by atoms with Gasteiger partial charge in [0.05, 0.1) is 6.10 Å². The van der Waals surface area contributed by atoms with Crippen molar-refractivity contribution in [3.05, 3.63) is 35.6 Å². The third-order valence-electron chi connectivity index (χ3n) is 3.53. The molecule has 1 aromatic carbocycles. The zero-order chi connectivity index (χ0) is 16.7. The van der Waals surface area contributed by atoms with Gasteiger partial charge in [0, 0.05) is 38.1 Å². The van der Waals surface area contributed by atoms with Gasteiger partial charge >= 0.3 is 0 Å². The van der Waals surface area contributed by atoms with E-state index < -0.39 is 0 Å². The first-order valence-corrected chi connectivity index (χ1v) is 8.64. The molecule has 1 N–H and O–H groups in total. The smallest absolute Gasteiger partial charge is 0.248 e. The second-order valence-corrected chi connectivity index (χ2v) is 6.55. The highest BCUT2D eigenvalue weighted by Crippen LogP contribution is 2.13. The van der Waals surface area contributed by atoms with Crippen LogP contribution in [-0.4, -0.2) is 55.3 Å². The van der Waals surface area contributed by atoms with Gasteiger partial charge in [-0.2, -0.15) is 11.8 Å². The number of nitrogens with zero attached hydrogens (tertiary/aromatic N) is 1. The van der Waals surface area contributed by atoms with Crippen LogP contribution >= 0.6 is 11.8 Å². The van der Waals surface area contributed by atoms with Crippen molar-refractivity contribution in [3.8, 4) is 0 Å². The van der Waals surface area contributed by atoms with Crippen LogP contribution < -0.4 is 5.32 Å². The molecule has 5 nitrogen and oxygen atoms in total. The van der Waals surface area contributed by atoms with E-state index in [0.717, 1.165) is 11.3 Å². The third-order valence-corrected chi connectivity index (χ3v) is 4.56. The summed E-state index contributed by atoms with van der Waals surface area (Å²) in [6, 6.07) is 6.38. The molecule has 1 saturated heterocycles. The Morgan fingerprint density at radius 2 is 2.17 bits per heavy atom. The van der Waals surface area contributed by atoms with Crippen LogP contribution in [0.3, 0.4) is 0 Å². The van der Waals surface area contributed by atoms with Gasteiger partial charge in [0.15, 0.2) is 0 Å². The quantitative estimate of drug-likeness (QED) is 0.763. The molecule has 1 atom stereocenters. The number of hydrogen-bond donors (Lipinski definition) is 1. The van der Waals surface area contributed by atoms with Crippen LogP contribution in [-0.2, 0) is 20.1 Å². The molecule has 2 rings (SSSR count). The lowest BCUT2D eigenvalue weighted by molar-refractivity contribution is -0.146. The van der Waals surface area contributed by atoms with Gasteiger partial charge in [0.25, 0.3) is 0 Å². The Balaban J connectivity index is 1.56. The SMILES string of the molecule is CN1CC(CNC(=O)CCSCc2ccc(F)cc2)OCC1=O. The van der Waals surface area contributed by atoms with Crippen molar-refractivity contribution in [1.29, 1.82) is 0 Å². The minimum absolute atomic E-state index is 0.0280. The molecule has 1 unspecified atom stereocenters. The van der Waals surface area contributed by atoms with E-state index in [0.29, 0.717) is 25.3 Å². The van der Waals surface area contributed by atoms with Crippen molar-refractivity contribution in [2.24, 2.45) is 0 Å². The van der Waals surface area contributed by atoms with E-state index in [1.54, 1.807) is 35.8 Å². The molecule has 0 aromatic heterocycles. The number of carbonyl (C=O) groups excluding carboxylic acids is 2. The first-order valence-electron chi connectivity index (χ1n) is 7.49. The Labute approximate surface area is 139 Å². The molecule has 1 aliphatic rings. The predicted molar refractivity (Wildman–Crippen MR) is 87.6 cm³/mol. The Kier molecular flexibility index (Phi) is 6.85. The second-order valence-electron chi connectivity index (χ2n) is 5.44. The van der Waals surface area contributed by atoms with Crippen LogP contribution in [0, 0.1) is 5.82 Å². The van der Waals surface area contributed by atoms with Crippen LogP contribution in [0.15, 0.2) is 24.3 Å². The van der Waals surface area contributed by atoms with E-state index in [9.17, 15) is 14.0 Å². The topological polar surface area (TPSA) is 58.6 Å². The average molecular weight is 340 g/mol. The number of halogens is 1. The van der Waals surface area contributed by atoms with Gasteiger partial charge in [-0.3, -0.25) is 9.59 Å². The maximum atomic E-state index is 12.8. The fraction of sp³-hybridized carbons (Fsp3) is 0.500. The van der Waals surface area contributed by atoms with Gasteiger partial charge < -0.3 is 15.0 Å². The molecule has 1 fully saturated rings. The van der Waals surface area contributed by atoms with Crippen LogP contribution in [0.4, 0.5) is 4.39 Å². The van der Waals surface area contributed by atoms with Crippen molar-refractivity contribution >= 4 is 23.6 Å². The van der Waals surface area contributed by atoms with E-state index in [4.69, 9.17) is 4.74 Å². The van der Waals surface area contributed by atoms with Crippen molar-refractivity contribution in [2.45, 2.75) is 18.3 Å². The summed E-state index contributed by atoms with van der Waals surface area (Å²) in [5, 5.41) is 2.83. The summed E-state index contributed by atoms with van der Waals surface area (Å²) in [5.41, 5.74) is 1.04. The highest BCUT2D eigenvalue weighted by molar-refractivity contribution is 7.98. The third kappa shape index (κ3) is 6.19. The number of benzene rings is 1. The molecule has 23 heavy (non-hydrogen) atoms. The highest BCUT2D eigenvalue weighted by atomic mass is 32.2. The number of carbonyl (C=O) groups is 2. The van der Waals surface area contributed by atoms with E-state index in [1.165, 1.54) is 12.1 Å². The molecule has 7 heteroatoms. The normalized spacial score (nSPS) is 18.1. The lowest BCUT2D eigenvalue weighted by atomic mass is 10.2. The van der Waals surface area contributed by atoms with Gasteiger partial charge in [0.1, 0.15) is 12.4 Å². The lowest BCUT2D eigenvalue weighted by Gasteiger charge is -2.29. The summed E-state index contributed by atoms with van der Waals surface area (Å²) in [7, 11) is 1.73. The van der Waals surface area contributed by atoms with Crippen molar-refractivity contribution in [3.63, 3.8) is 0 Å². The summed E-state index contributed by atoms with van der Waals surface area (Å²) in [6.45, 7) is 0.988. The molecule has 0 spiro atoms. The fourth-order valence-corrected chi connectivity index (χ4v) is 3.04. The standard InChI is InChI=1S/C16H21FN2O3S/c1-19-9-14(22-10-16(19)21)8-18-15(20)6-7-23-11-12-2-4-13(17)5-3-12/h2-5,14H,6-11H2,1H3,(H,18,20). The van der Waals surface area contributed by atoms with Gasteiger partial charge in [-0.15, -0.1) is 0 Å². The molecule has 0 bridgehead atoms.